The van der Waals surface area contributed by atoms with Crippen LogP contribution in [0.25, 0.3) is 0 Å². The molecule has 19 heavy (non-hydrogen) atoms. The van der Waals surface area contributed by atoms with Crippen LogP contribution in [-0.2, 0) is 9.53 Å². The van der Waals surface area contributed by atoms with Crippen molar-refractivity contribution in [3.05, 3.63) is 23.2 Å². The highest BCUT2D eigenvalue weighted by Gasteiger charge is 2.19. The second kappa shape index (κ2) is 6.26. The normalized spacial score (nSPS) is 18.5. The Morgan fingerprint density at radius 1 is 1.58 bits per heavy atom. The van der Waals surface area contributed by atoms with Crippen LogP contribution in [0.15, 0.2) is 18.2 Å². The first-order valence-electron chi connectivity index (χ1n) is 6.51. The summed E-state index contributed by atoms with van der Waals surface area (Å²) in [6.45, 7) is 0.815. The van der Waals surface area contributed by atoms with E-state index in [4.69, 9.17) is 22.1 Å². The molecule has 1 aromatic carbocycles. The maximum atomic E-state index is 12.1. The van der Waals surface area contributed by atoms with Gasteiger partial charge < -0.3 is 15.4 Å². The Morgan fingerprint density at radius 2 is 2.37 bits per heavy atom. The second-order valence-corrected chi connectivity index (χ2v) is 5.27. The van der Waals surface area contributed by atoms with Gasteiger partial charge in [0.25, 0.3) is 0 Å². The second-order valence-electron chi connectivity index (χ2n) is 4.83. The minimum absolute atomic E-state index is 0.0319. The number of benzene rings is 1. The summed E-state index contributed by atoms with van der Waals surface area (Å²) >= 11 is 5.93. The summed E-state index contributed by atoms with van der Waals surface area (Å²) in [5.41, 5.74) is 7.08. The highest BCUT2D eigenvalue weighted by molar-refractivity contribution is 6.31. The zero-order valence-corrected chi connectivity index (χ0v) is 11.8. The number of hydrogen-bond donors (Lipinski definition) is 1. The van der Waals surface area contributed by atoms with Crippen molar-refractivity contribution in [3.8, 4) is 0 Å². The summed E-state index contributed by atoms with van der Waals surface area (Å²) in [6, 6.07) is 5.13. The quantitative estimate of drug-likeness (QED) is 0.864. The maximum Gasteiger partial charge on any atom is 0.226 e. The maximum absolute atomic E-state index is 12.1. The van der Waals surface area contributed by atoms with Crippen LogP contribution in [0.5, 0.6) is 0 Å². The minimum atomic E-state index is 0.0319. The number of anilines is 2. The zero-order chi connectivity index (χ0) is 13.8. The summed E-state index contributed by atoms with van der Waals surface area (Å²) in [5, 5.41) is 0.572. The summed E-state index contributed by atoms with van der Waals surface area (Å²) < 4.78 is 5.52. The van der Waals surface area contributed by atoms with E-state index in [1.54, 1.807) is 30.1 Å². The summed E-state index contributed by atoms with van der Waals surface area (Å²) in [6.07, 6.45) is 3.61. The number of carbonyl (C=O) groups excluding carboxylic acids is 1. The van der Waals surface area contributed by atoms with E-state index in [1.807, 2.05) is 0 Å². The van der Waals surface area contributed by atoms with Crippen LogP contribution >= 0.6 is 11.6 Å². The number of halogens is 1. The summed E-state index contributed by atoms with van der Waals surface area (Å²) in [5.74, 6) is 0.0319. The molecule has 0 bridgehead atoms. The van der Waals surface area contributed by atoms with E-state index in [1.165, 1.54) is 0 Å². The average molecular weight is 283 g/mol. The predicted molar refractivity (Wildman–Crippen MR) is 77.5 cm³/mol. The molecule has 1 aliphatic heterocycles. The van der Waals surface area contributed by atoms with Crippen LogP contribution in [0, 0.1) is 0 Å². The molecule has 0 aromatic heterocycles. The van der Waals surface area contributed by atoms with Crippen LogP contribution < -0.4 is 10.6 Å². The lowest BCUT2D eigenvalue weighted by atomic mass is 10.1. The van der Waals surface area contributed by atoms with Crippen LogP contribution in [0.1, 0.15) is 25.7 Å². The fraction of sp³-hybridized carbons (Fsp3) is 0.500. The number of nitrogen functional groups attached to an aromatic ring is 1. The molecule has 1 amide bonds. The number of amides is 1. The molecule has 0 spiro atoms. The third-order valence-corrected chi connectivity index (χ3v) is 3.67. The molecule has 0 saturated carbocycles. The van der Waals surface area contributed by atoms with E-state index in [9.17, 15) is 4.79 Å². The van der Waals surface area contributed by atoms with Crippen molar-refractivity contribution in [2.45, 2.75) is 31.8 Å². The van der Waals surface area contributed by atoms with Crippen molar-refractivity contribution in [2.24, 2.45) is 0 Å². The highest BCUT2D eigenvalue weighted by atomic mass is 35.5. The lowest BCUT2D eigenvalue weighted by Crippen LogP contribution is -2.27. The van der Waals surface area contributed by atoms with Gasteiger partial charge in [-0.05, 0) is 37.5 Å². The predicted octanol–water partition coefficient (Wildman–Crippen LogP) is 2.84. The molecule has 0 aliphatic carbocycles. The van der Waals surface area contributed by atoms with Gasteiger partial charge in [0, 0.05) is 25.1 Å². The molecule has 2 rings (SSSR count). The Labute approximate surface area is 118 Å². The number of rotatable bonds is 4. The summed E-state index contributed by atoms with van der Waals surface area (Å²) in [4.78, 5) is 13.7. The molecule has 1 atom stereocenters. The fourth-order valence-electron chi connectivity index (χ4n) is 2.27. The van der Waals surface area contributed by atoms with E-state index in [0.29, 0.717) is 22.8 Å². The Balaban J connectivity index is 1.95. The number of hydrogen-bond acceptors (Lipinski definition) is 3. The molecule has 1 unspecified atom stereocenters. The smallest absolute Gasteiger partial charge is 0.226 e. The van der Waals surface area contributed by atoms with Gasteiger partial charge in [-0.3, -0.25) is 4.79 Å². The molecule has 1 heterocycles. The Kier molecular flexibility index (Phi) is 4.66. The standard InChI is InChI=1S/C14H19ClN2O2/c1-17(13-9-10(15)4-6-12(13)16)14(18)7-5-11-3-2-8-19-11/h4,6,9,11H,2-3,5,7-8,16H2,1H3. The largest absolute Gasteiger partial charge is 0.397 e. The lowest BCUT2D eigenvalue weighted by molar-refractivity contribution is -0.118. The van der Waals surface area contributed by atoms with Crippen molar-refractivity contribution in [1.82, 2.24) is 0 Å². The zero-order valence-electron chi connectivity index (χ0n) is 11.1. The van der Waals surface area contributed by atoms with Gasteiger partial charge in [-0.25, -0.2) is 0 Å². The molecule has 1 aromatic rings. The third-order valence-electron chi connectivity index (χ3n) is 3.43. The number of ether oxygens (including phenoxy) is 1. The molecule has 2 N–H and O–H groups in total. The Hall–Kier alpha value is -1.26. The van der Waals surface area contributed by atoms with Crippen LogP contribution in [-0.4, -0.2) is 25.7 Å². The highest BCUT2D eigenvalue weighted by Crippen LogP contribution is 2.27. The first kappa shape index (κ1) is 14.2. The van der Waals surface area contributed by atoms with Gasteiger partial charge in [-0.1, -0.05) is 11.6 Å². The van der Waals surface area contributed by atoms with Crippen LogP contribution in [0.2, 0.25) is 5.02 Å². The number of carbonyl (C=O) groups is 1. The van der Waals surface area contributed by atoms with Crippen molar-refractivity contribution in [3.63, 3.8) is 0 Å². The lowest BCUT2D eigenvalue weighted by Gasteiger charge is -2.20. The number of nitrogens with zero attached hydrogens (tertiary/aromatic N) is 1. The number of nitrogens with two attached hydrogens (primary N) is 1. The monoisotopic (exact) mass is 282 g/mol. The minimum Gasteiger partial charge on any atom is -0.397 e. The SMILES string of the molecule is CN(C(=O)CCC1CCCO1)c1cc(Cl)ccc1N. The first-order chi connectivity index (χ1) is 9.08. The molecule has 1 aliphatic rings. The molecule has 1 fully saturated rings. The van der Waals surface area contributed by atoms with E-state index < -0.39 is 0 Å². The molecular weight excluding hydrogens is 264 g/mol. The van der Waals surface area contributed by atoms with Crippen molar-refractivity contribution >= 4 is 28.9 Å². The van der Waals surface area contributed by atoms with Gasteiger partial charge in [0.2, 0.25) is 5.91 Å². The van der Waals surface area contributed by atoms with Gasteiger partial charge in [-0.15, -0.1) is 0 Å². The fourth-order valence-corrected chi connectivity index (χ4v) is 2.43. The van der Waals surface area contributed by atoms with Gasteiger partial charge in [0.15, 0.2) is 0 Å². The summed E-state index contributed by atoms with van der Waals surface area (Å²) in [7, 11) is 1.72. The van der Waals surface area contributed by atoms with Crippen LogP contribution in [0.4, 0.5) is 11.4 Å². The third kappa shape index (κ3) is 3.61. The van der Waals surface area contributed by atoms with E-state index in [-0.39, 0.29) is 12.0 Å². The average Bonchev–Trinajstić information content (AvgIpc) is 2.91. The van der Waals surface area contributed by atoms with Gasteiger partial charge in [-0.2, -0.15) is 0 Å². The van der Waals surface area contributed by atoms with E-state index >= 15 is 0 Å². The van der Waals surface area contributed by atoms with E-state index in [2.05, 4.69) is 0 Å². The van der Waals surface area contributed by atoms with Gasteiger partial charge in [0.05, 0.1) is 17.5 Å². The van der Waals surface area contributed by atoms with Gasteiger partial charge >= 0.3 is 0 Å². The molecule has 0 radical (unpaired) electrons. The van der Waals surface area contributed by atoms with Gasteiger partial charge in [0.1, 0.15) is 0 Å². The van der Waals surface area contributed by atoms with Crippen molar-refractivity contribution in [2.75, 3.05) is 24.3 Å². The molecule has 5 heteroatoms. The molecule has 104 valence electrons. The first-order valence-corrected chi connectivity index (χ1v) is 6.89. The Bertz CT molecular complexity index is 459. The molecule has 1 saturated heterocycles. The van der Waals surface area contributed by atoms with Crippen molar-refractivity contribution in [1.29, 1.82) is 0 Å². The molecular formula is C14H19ClN2O2. The van der Waals surface area contributed by atoms with E-state index in [0.717, 1.165) is 25.9 Å². The molecule has 4 nitrogen and oxygen atoms in total. The topological polar surface area (TPSA) is 55.6 Å². The van der Waals surface area contributed by atoms with Crippen molar-refractivity contribution < 1.29 is 9.53 Å². The van der Waals surface area contributed by atoms with Crippen LogP contribution in [0.3, 0.4) is 0 Å². The Morgan fingerprint density at radius 3 is 3.05 bits per heavy atom.